The van der Waals surface area contributed by atoms with Gasteiger partial charge in [0.1, 0.15) is 16.7 Å². The van der Waals surface area contributed by atoms with E-state index in [9.17, 15) is 8.42 Å². The topological polar surface area (TPSA) is 68.3 Å². The highest BCUT2D eigenvalue weighted by Crippen LogP contribution is 2.35. The highest BCUT2D eigenvalue weighted by atomic mass is 35.5. The molecular formula is C13H16ClN3O3S. The molecular weight excluding hydrogens is 314 g/mol. The summed E-state index contributed by atoms with van der Waals surface area (Å²) in [5, 5.41) is 0.0260. The Hall–Kier alpha value is -1.31. The van der Waals surface area contributed by atoms with Crippen LogP contribution >= 0.6 is 11.6 Å². The predicted octanol–water partition coefficient (Wildman–Crippen LogP) is 2.33. The first-order chi connectivity index (χ1) is 9.89. The van der Waals surface area contributed by atoms with Gasteiger partial charge in [-0.15, -0.1) is 0 Å². The maximum Gasteiger partial charge on any atom is 0.264 e. The fourth-order valence-electron chi connectivity index (χ4n) is 2.17. The molecule has 6 nitrogen and oxygen atoms in total. The summed E-state index contributed by atoms with van der Waals surface area (Å²) < 4.78 is 34.0. The lowest BCUT2D eigenvalue weighted by atomic mass is 10.4. The van der Waals surface area contributed by atoms with Gasteiger partial charge in [-0.2, -0.15) is 4.31 Å². The van der Waals surface area contributed by atoms with Crippen molar-refractivity contribution < 1.29 is 12.8 Å². The summed E-state index contributed by atoms with van der Waals surface area (Å²) in [6.07, 6.45) is 3.10. The molecule has 0 bridgehead atoms. The van der Waals surface area contributed by atoms with Crippen LogP contribution in [0.2, 0.25) is 5.15 Å². The molecule has 0 N–H and O–H groups in total. The molecule has 2 aromatic heterocycles. The monoisotopic (exact) mass is 329 g/mol. The van der Waals surface area contributed by atoms with Crippen molar-refractivity contribution in [3.8, 4) is 0 Å². The molecule has 1 fully saturated rings. The van der Waals surface area contributed by atoms with Crippen molar-refractivity contribution in [3.63, 3.8) is 0 Å². The molecule has 0 saturated heterocycles. The van der Waals surface area contributed by atoms with Crippen LogP contribution in [-0.4, -0.2) is 28.3 Å². The minimum atomic E-state index is -3.73. The fourth-order valence-corrected chi connectivity index (χ4v) is 4.22. The smallest absolute Gasteiger partial charge is 0.264 e. The Balaban J connectivity index is 1.95. The first-order valence-electron chi connectivity index (χ1n) is 6.63. The van der Waals surface area contributed by atoms with E-state index >= 15 is 0 Å². The van der Waals surface area contributed by atoms with Crippen molar-refractivity contribution in [3.05, 3.63) is 35.1 Å². The van der Waals surface area contributed by atoms with Gasteiger partial charge < -0.3 is 8.98 Å². The van der Waals surface area contributed by atoms with E-state index in [0.717, 1.165) is 18.6 Å². The molecule has 0 unspecified atom stereocenters. The van der Waals surface area contributed by atoms with Crippen LogP contribution in [0.3, 0.4) is 0 Å². The molecule has 114 valence electrons. The van der Waals surface area contributed by atoms with Crippen LogP contribution in [0.5, 0.6) is 0 Å². The lowest BCUT2D eigenvalue weighted by Crippen LogP contribution is -2.33. The molecule has 0 spiro atoms. The highest BCUT2D eigenvalue weighted by molar-refractivity contribution is 7.89. The Bertz CT molecular complexity index is 761. The molecule has 1 saturated carbocycles. The molecule has 1 aliphatic rings. The van der Waals surface area contributed by atoms with E-state index in [1.54, 1.807) is 13.1 Å². The quantitative estimate of drug-likeness (QED) is 0.844. The summed E-state index contributed by atoms with van der Waals surface area (Å²) in [5.74, 6) is 1.38. The molecule has 0 aliphatic heterocycles. The Morgan fingerprint density at radius 3 is 2.67 bits per heavy atom. The van der Waals surface area contributed by atoms with Gasteiger partial charge >= 0.3 is 0 Å². The number of halogens is 1. The number of hydrogen-bond acceptors (Lipinski definition) is 4. The van der Waals surface area contributed by atoms with Gasteiger partial charge in [0.25, 0.3) is 10.0 Å². The molecule has 0 atom stereocenters. The van der Waals surface area contributed by atoms with Crippen molar-refractivity contribution in [2.24, 2.45) is 7.05 Å². The van der Waals surface area contributed by atoms with Gasteiger partial charge in [0.15, 0.2) is 0 Å². The van der Waals surface area contributed by atoms with E-state index in [1.165, 1.54) is 15.2 Å². The number of rotatable bonds is 5. The Labute approximate surface area is 128 Å². The number of nitrogens with zero attached hydrogens (tertiary/aromatic N) is 3. The van der Waals surface area contributed by atoms with Gasteiger partial charge in [0.05, 0.1) is 12.9 Å². The van der Waals surface area contributed by atoms with Gasteiger partial charge in [-0.3, -0.25) is 0 Å². The third-order valence-corrected chi connectivity index (χ3v) is 5.84. The average molecular weight is 330 g/mol. The number of hydrogen-bond donors (Lipinski definition) is 0. The summed E-state index contributed by atoms with van der Waals surface area (Å²) in [4.78, 5) is 3.94. The number of imidazole rings is 1. The maximum absolute atomic E-state index is 12.8. The van der Waals surface area contributed by atoms with E-state index in [4.69, 9.17) is 16.0 Å². The summed E-state index contributed by atoms with van der Waals surface area (Å²) in [7, 11) is -2.07. The van der Waals surface area contributed by atoms with Gasteiger partial charge in [0, 0.05) is 13.1 Å². The Morgan fingerprint density at radius 1 is 1.48 bits per heavy atom. The Morgan fingerprint density at radius 2 is 2.19 bits per heavy atom. The van der Waals surface area contributed by atoms with E-state index < -0.39 is 10.0 Å². The van der Waals surface area contributed by atoms with Gasteiger partial charge in [-0.1, -0.05) is 11.6 Å². The molecule has 0 radical (unpaired) electrons. The zero-order valence-corrected chi connectivity index (χ0v) is 13.4. The van der Waals surface area contributed by atoms with E-state index in [0.29, 0.717) is 5.76 Å². The van der Waals surface area contributed by atoms with Crippen LogP contribution in [0.25, 0.3) is 0 Å². The summed E-state index contributed by atoms with van der Waals surface area (Å²) in [5.41, 5.74) is 0. The van der Waals surface area contributed by atoms with Crippen LogP contribution in [0.15, 0.2) is 27.9 Å². The van der Waals surface area contributed by atoms with Crippen LogP contribution in [0.1, 0.15) is 24.4 Å². The second kappa shape index (κ2) is 5.15. The van der Waals surface area contributed by atoms with E-state index in [1.807, 2.05) is 13.0 Å². The fraction of sp³-hybridized carbons (Fsp3) is 0.462. The van der Waals surface area contributed by atoms with Crippen molar-refractivity contribution in [2.75, 3.05) is 0 Å². The van der Waals surface area contributed by atoms with E-state index in [-0.39, 0.29) is 22.8 Å². The zero-order chi connectivity index (χ0) is 15.2. The summed E-state index contributed by atoms with van der Waals surface area (Å²) in [6, 6.07) is 3.61. The van der Waals surface area contributed by atoms with Crippen LogP contribution in [0.4, 0.5) is 0 Å². The highest BCUT2D eigenvalue weighted by Gasteiger charge is 2.40. The van der Waals surface area contributed by atoms with Crippen LogP contribution in [-0.2, 0) is 23.6 Å². The SMILES string of the molecule is Cc1ccc(CN(C2CC2)S(=O)(=O)c2ncn(C)c2Cl)o1. The normalized spacial score (nSPS) is 15.8. The average Bonchev–Trinajstić information content (AvgIpc) is 3.09. The lowest BCUT2D eigenvalue weighted by Gasteiger charge is -2.19. The molecule has 2 aromatic rings. The molecule has 0 aromatic carbocycles. The molecule has 2 heterocycles. The second-order valence-electron chi connectivity index (χ2n) is 5.25. The van der Waals surface area contributed by atoms with Crippen molar-refractivity contribution in [2.45, 2.75) is 37.4 Å². The second-order valence-corrected chi connectivity index (χ2v) is 7.41. The largest absolute Gasteiger partial charge is 0.465 e. The summed E-state index contributed by atoms with van der Waals surface area (Å²) >= 11 is 6.04. The number of furan rings is 1. The number of aryl methyl sites for hydroxylation is 2. The predicted molar refractivity (Wildman–Crippen MR) is 77.4 cm³/mol. The van der Waals surface area contributed by atoms with Crippen molar-refractivity contribution >= 4 is 21.6 Å². The summed E-state index contributed by atoms with van der Waals surface area (Å²) in [6.45, 7) is 2.03. The van der Waals surface area contributed by atoms with Gasteiger partial charge in [0.2, 0.25) is 5.03 Å². The first-order valence-corrected chi connectivity index (χ1v) is 8.45. The van der Waals surface area contributed by atoms with Gasteiger partial charge in [-0.05, 0) is 31.9 Å². The minimum Gasteiger partial charge on any atom is -0.465 e. The van der Waals surface area contributed by atoms with E-state index in [2.05, 4.69) is 4.98 Å². The maximum atomic E-state index is 12.8. The standard InChI is InChI=1S/C13H16ClN3O3S/c1-9-3-6-11(20-9)7-17(10-4-5-10)21(18,19)13-12(14)16(2)8-15-13/h3,6,8,10H,4-5,7H2,1-2H3. The van der Waals surface area contributed by atoms with Crippen molar-refractivity contribution in [1.82, 2.24) is 13.9 Å². The lowest BCUT2D eigenvalue weighted by molar-refractivity contribution is 0.351. The number of aromatic nitrogens is 2. The third-order valence-electron chi connectivity index (χ3n) is 3.45. The molecule has 1 aliphatic carbocycles. The Kier molecular flexibility index (Phi) is 3.59. The van der Waals surface area contributed by atoms with Gasteiger partial charge in [-0.25, -0.2) is 13.4 Å². The third kappa shape index (κ3) is 2.73. The molecule has 21 heavy (non-hydrogen) atoms. The molecule has 8 heteroatoms. The molecule has 3 rings (SSSR count). The van der Waals surface area contributed by atoms with Crippen LogP contribution in [0, 0.1) is 6.92 Å². The zero-order valence-electron chi connectivity index (χ0n) is 11.8. The van der Waals surface area contributed by atoms with Crippen LogP contribution < -0.4 is 0 Å². The minimum absolute atomic E-state index is 0.00141. The number of sulfonamides is 1. The van der Waals surface area contributed by atoms with Crippen molar-refractivity contribution in [1.29, 1.82) is 0 Å². The molecule has 0 amide bonds. The first kappa shape index (κ1) is 14.6.